The number of rotatable bonds is 13. The Labute approximate surface area is 149 Å². The summed E-state index contributed by atoms with van der Waals surface area (Å²) in [5.74, 6) is -1.25. The van der Waals surface area contributed by atoms with Crippen LogP contribution in [0.1, 0.15) is 71.6 Å². The number of hydrogen-bond donors (Lipinski definition) is 2. The molecule has 0 aliphatic heterocycles. The first-order chi connectivity index (χ1) is 11.1. The molecule has 0 radical (unpaired) electrons. The van der Waals surface area contributed by atoms with Crippen molar-refractivity contribution in [2.24, 2.45) is 0 Å². The highest BCUT2D eigenvalue weighted by Crippen LogP contribution is 2.28. The van der Waals surface area contributed by atoms with Gasteiger partial charge in [0.25, 0.3) is 0 Å². The maximum Gasteiger partial charge on any atom is 0.325 e. The first-order valence-corrected chi connectivity index (χ1v) is 12.8. The first-order valence-electron chi connectivity index (χ1n) is 9.30. The SMILES string of the molecule is C=C(C)C(=O)NC(CCCCCCCCCC)(C(=O)O)[Si](C)(C)C. The van der Waals surface area contributed by atoms with Crippen molar-refractivity contribution in [2.45, 2.75) is 96.4 Å². The van der Waals surface area contributed by atoms with Gasteiger partial charge in [0, 0.05) is 5.57 Å². The summed E-state index contributed by atoms with van der Waals surface area (Å²) in [5, 5.41) is 11.6. The molecule has 4 nitrogen and oxygen atoms in total. The maximum absolute atomic E-state index is 12.1. The van der Waals surface area contributed by atoms with Crippen molar-refractivity contribution >= 4 is 20.0 Å². The maximum atomic E-state index is 12.1. The molecule has 0 heterocycles. The molecule has 0 spiro atoms. The number of carbonyl (C=O) groups is 2. The zero-order chi connectivity index (χ0) is 18.8. The number of nitrogens with one attached hydrogen (secondary N) is 1. The summed E-state index contributed by atoms with van der Waals surface area (Å²) >= 11 is 0. The second-order valence-corrected chi connectivity index (χ2v) is 13.3. The molecule has 0 saturated heterocycles. The number of carboxylic acid groups (broad SMARTS) is 1. The zero-order valence-electron chi connectivity index (χ0n) is 16.3. The minimum Gasteiger partial charge on any atom is -0.480 e. The van der Waals surface area contributed by atoms with E-state index in [0.717, 1.165) is 19.3 Å². The fourth-order valence-electron chi connectivity index (χ4n) is 2.93. The van der Waals surface area contributed by atoms with Gasteiger partial charge in [-0.1, -0.05) is 84.5 Å². The van der Waals surface area contributed by atoms with Crippen LogP contribution in [0.2, 0.25) is 19.6 Å². The number of carboxylic acids is 1. The summed E-state index contributed by atoms with van der Waals surface area (Å²) < 4.78 is 0. The summed E-state index contributed by atoms with van der Waals surface area (Å²) in [6, 6.07) is 0. The number of hydrogen-bond acceptors (Lipinski definition) is 2. The van der Waals surface area contributed by atoms with Gasteiger partial charge in [-0.05, 0) is 13.3 Å². The lowest BCUT2D eigenvalue weighted by atomic mass is 10.0. The van der Waals surface area contributed by atoms with E-state index in [1.807, 2.05) is 19.6 Å². The van der Waals surface area contributed by atoms with Gasteiger partial charge in [0.15, 0.2) is 0 Å². The van der Waals surface area contributed by atoms with Crippen molar-refractivity contribution < 1.29 is 14.7 Å². The van der Waals surface area contributed by atoms with E-state index in [1.165, 1.54) is 32.1 Å². The average molecular weight is 356 g/mol. The molecular weight excluding hydrogens is 318 g/mol. The van der Waals surface area contributed by atoms with Gasteiger partial charge in [0.1, 0.15) is 5.16 Å². The Morgan fingerprint density at radius 2 is 1.46 bits per heavy atom. The van der Waals surface area contributed by atoms with Crippen molar-refractivity contribution in [3.8, 4) is 0 Å². The van der Waals surface area contributed by atoms with Gasteiger partial charge in [-0.3, -0.25) is 9.59 Å². The van der Waals surface area contributed by atoms with Gasteiger partial charge in [-0.2, -0.15) is 0 Å². The summed E-state index contributed by atoms with van der Waals surface area (Å²) in [4.78, 5) is 24.1. The Bertz CT molecular complexity index is 429. The molecular formula is C19H37NO3Si. The highest BCUT2D eigenvalue weighted by molar-refractivity contribution is 6.82. The molecule has 0 saturated carbocycles. The normalized spacial score (nSPS) is 14.0. The lowest BCUT2D eigenvalue weighted by Crippen LogP contribution is -2.68. The molecule has 0 bridgehead atoms. The summed E-state index contributed by atoms with van der Waals surface area (Å²) in [6.45, 7) is 13.5. The van der Waals surface area contributed by atoms with Crippen LogP contribution < -0.4 is 5.32 Å². The first kappa shape index (κ1) is 22.9. The largest absolute Gasteiger partial charge is 0.480 e. The highest BCUT2D eigenvalue weighted by Gasteiger charge is 2.50. The van der Waals surface area contributed by atoms with Gasteiger partial charge in [0.2, 0.25) is 5.91 Å². The van der Waals surface area contributed by atoms with Crippen LogP contribution in [0.15, 0.2) is 12.2 Å². The van der Waals surface area contributed by atoms with Crippen LogP contribution in [0.25, 0.3) is 0 Å². The van der Waals surface area contributed by atoms with Crippen molar-refractivity contribution in [3.05, 3.63) is 12.2 Å². The smallest absolute Gasteiger partial charge is 0.325 e. The minimum atomic E-state index is -2.17. The minimum absolute atomic E-state index is 0.348. The topological polar surface area (TPSA) is 66.4 Å². The van der Waals surface area contributed by atoms with Crippen LogP contribution in [-0.4, -0.2) is 30.2 Å². The van der Waals surface area contributed by atoms with E-state index < -0.39 is 19.2 Å². The molecule has 2 N–H and O–H groups in total. The Hall–Kier alpha value is -1.10. The summed E-state index contributed by atoms with van der Waals surface area (Å²) in [5.41, 5.74) is 0.356. The molecule has 0 aromatic heterocycles. The third-order valence-electron chi connectivity index (χ3n) is 4.77. The van der Waals surface area contributed by atoms with E-state index in [1.54, 1.807) is 6.92 Å². The van der Waals surface area contributed by atoms with Crippen molar-refractivity contribution in [1.82, 2.24) is 5.32 Å². The van der Waals surface area contributed by atoms with E-state index in [9.17, 15) is 14.7 Å². The third-order valence-corrected chi connectivity index (χ3v) is 7.91. The van der Waals surface area contributed by atoms with Gasteiger partial charge >= 0.3 is 5.97 Å². The Kier molecular flexibility index (Phi) is 10.2. The number of aliphatic carboxylic acids is 1. The number of unbranched alkanes of at least 4 members (excludes halogenated alkanes) is 7. The van der Waals surface area contributed by atoms with Crippen LogP contribution in [-0.2, 0) is 9.59 Å². The average Bonchev–Trinajstić information content (AvgIpc) is 2.46. The lowest BCUT2D eigenvalue weighted by molar-refractivity contribution is -0.144. The van der Waals surface area contributed by atoms with E-state index in [-0.39, 0.29) is 5.91 Å². The molecule has 0 fully saturated rings. The highest BCUT2D eigenvalue weighted by atomic mass is 28.3. The molecule has 0 aliphatic carbocycles. The Morgan fingerprint density at radius 3 is 1.83 bits per heavy atom. The lowest BCUT2D eigenvalue weighted by Gasteiger charge is -2.40. The van der Waals surface area contributed by atoms with Crippen LogP contribution in [0.5, 0.6) is 0 Å². The number of amides is 1. The fourth-order valence-corrected chi connectivity index (χ4v) is 4.99. The van der Waals surface area contributed by atoms with Crippen LogP contribution in [0.4, 0.5) is 0 Å². The van der Waals surface area contributed by atoms with Crippen molar-refractivity contribution in [1.29, 1.82) is 0 Å². The van der Waals surface area contributed by atoms with Crippen LogP contribution >= 0.6 is 0 Å². The van der Waals surface area contributed by atoms with E-state index >= 15 is 0 Å². The van der Waals surface area contributed by atoms with Crippen molar-refractivity contribution in [3.63, 3.8) is 0 Å². The fraction of sp³-hybridized carbons (Fsp3) is 0.789. The van der Waals surface area contributed by atoms with Gasteiger partial charge in [-0.15, -0.1) is 0 Å². The van der Waals surface area contributed by atoms with E-state index in [0.29, 0.717) is 12.0 Å². The molecule has 24 heavy (non-hydrogen) atoms. The predicted molar refractivity (Wildman–Crippen MR) is 104 cm³/mol. The second kappa shape index (κ2) is 10.7. The van der Waals surface area contributed by atoms with Crippen molar-refractivity contribution in [2.75, 3.05) is 0 Å². The monoisotopic (exact) mass is 355 g/mol. The molecule has 0 rings (SSSR count). The van der Waals surface area contributed by atoms with Gasteiger partial charge in [-0.25, -0.2) is 0 Å². The standard InChI is InChI=1S/C19H37NO3Si/c1-7-8-9-10-11-12-13-14-15-19(18(22)23,24(4,5)6)20-17(21)16(2)3/h2,7-15H2,1,3-6H3,(H,20,21)(H,22,23). The molecule has 1 amide bonds. The molecule has 0 aliphatic rings. The Balaban J connectivity index is 4.70. The number of carbonyl (C=O) groups excluding carboxylic acids is 1. The van der Waals surface area contributed by atoms with E-state index in [4.69, 9.17) is 0 Å². The second-order valence-electron chi connectivity index (χ2n) is 7.92. The van der Waals surface area contributed by atoms with Gasteiger partial charge < -0.3 is 10.4 Å². The molecule has 0 aromatic carbocycles. The van der Waals surface area contributed by atoms with Gasteiger partial charge in [0.05, 0.1) is 8.07 Å². The van der Waals surface area contributed by atoms with Crippen LogP contribution in [0.3, 0.4) is 0 Å². The Morgan fingerprint density at radius 1 is 1.00 bits per heavy atom. The molecule has 1 unspecified atom stereocenters. The third kappa shape index (κ3) is 7.20. The molecule has 0 aromatic rings. The quantitative estimate of drug-likeness (QED) is 0.280. The predicted octanol–water partition coefficient (Wildman–Crippen LogP) is 4.91. The molecule has 140 valence electrons. The molecule has 5 heteroatoms. The zero-order valence-corrected chi connectivity index (χ0v) is 17.3. The van der Waals surface area contributed by atoms with E-state index in [2.05, 4.69) is 18.8 Å². The summed E-state index contributed by atoms with van der Waals surface area (Å²) in [7, 11) is -2.17. The van der Waals surface area contributed by atoms with Crippen LogP contribution in [0, 0.1) is 0 Å². The summed E-state index contributed by atoms with van der Waals surface area (Å²) in [6.07, 6.45) is 9.81. The molecule has 1 atom stereocenters.